The number of nitrogens with one attached hydrogen (secondary N) is 3. The van der Waals surface area contributed by atoms with Crippen LogP contribution >= 0.6 is 7.29 Å². The van der Waals surface area contributed by atoms with Crippen LogP contribution in [0.15, 0.2) is 121 Å². The Morgan fingerprint density at radius 2 is 1.32 bits per heavy atom. The van der Waals surface area contributed by atoms with Gasteiger partial charge in [-0.05, 0) is 30.0 Å². The molecule has 47 heavy (non-hydrogen) atoms. The smallest absolute Gasteiger partial charge is 0.407 e. The van der Waals surface area contributed by atoms with Gasteiger partial charge in [0.25, 0.3) is 0 Å². The molecule has 0 heterocycles. The molecule has 3 atom stereocenters. The van der Waals surface area contributed by atoms with Gasteiger partial charge in [-0.2, -0.15) is 4.72 Å². The molecule has 1 unspecified atom stereocenters. The van der Waals surface area contributed by atoms with Gasteiger partial charge in [-0.25, -0.2) is 13.2 Å². The second-order valence-electron chi connectivity index (χ2n) is 10.8. The van der Waals surface area contributed by atoms with Crippen LogP contribution in [0.2, 0.25) is 0 Å². The summed E-state index contributed by atoms with van der Waals surface area (Å²) in [6, 6.07) is 34.6. The van der Waals surface area contributed by atoms with Crippen molar-refractivity contribution < 1.29 is 32.0 Å². The topological polar surface area (TPSA) is 140 Å². The summed E-state index contributed by atoms with van der Waals surface area (Å²) < 4.78 is 56.1. The number of esters is 1. The summed E-state index contributed by atoms with van der Waals surface area (Å²) in [5.74, 6) is -2.23. The molecular weight excluding hydrogens is 637 g/mol. The van der Waals surface area contributed by atoms with Gasteiger partial charge in [-0.3, -0.25) is 14.4 Å². The van der Waals surface area contributed by atoms with E-state index in [1.165, 1.54) is 0 Å². The Morgan fingerprint density at radius 1 is 0.766 bits per heavy atom. The number of hydrogen-bond acceptors (Lipinski definition) is 7. The fourth-order valence-corrected chi connectivity index (χ4v) is 9.68. The lowest BCUT2D eigenvalue weighted by Gasteiger charge is -2.30. The SMILES string of the molecule is CCOC(=O)CCNP(=O)(c1ccccc1)[C@@H](NS(=O)(=O)C[C@H](Cc1ccccc1)NC(=O)OCc1ccccc1)c1ccccc1. The number of alkyl carbamates (subject to hydrolysis) is 1. The molecule has 1 amide bonds. The highest BCUT2D eigenvalue weighted by molar-refractivity contribution is 7.90. The van der Waals surface area contributed by atoms with Gasteiger partial charge in [0.15, 0.2) is 7.29 Å². The number of ether oxygens (including phenoxy) is 2. The van der Waals surface area contributed by atoms with Gasteiger partial charge >= 0.3 is 12.1 Å². The first kappa shape index (κ1) is 35.6. The molecule has 0 fully saturated rings. The zero-order chi connectivity index (χ0) is 33.5. The van der Waals surface area contributed by atoms with Gasteiger partial charge < -0.3 is 14.8 Å². The van der Waals surface area contributed by atoms with Crippen molar-refractivity contribution in [1.82, 2.24) is 15.1 Å². The highest BCUT2D eigenvalue weighted by Crippen LogP contribution is 2.53. The normalized spacial score (nSPS) is 13.9. The van der Waals surface area contributed by atoms with Crippen molar-refractivity contribution in [2.24, 2.45) is 0 Å². The molecule has 0 aliphatic carbocycles. The van der Waals surface area contributed by atoms with Crippen molar-refractivity contribution in [1.29, 1.82) is 0 Å². The van der Waals surface area contributed by atoms with E-state index in [-0.39, 0.29) is 32.6 Å². The summed E-state index contributed by atoms with van der Waals surface area (Å²) in [6.45, 7) is 1.91. The molecule has 0 aromatic heterocycles. The molecule has 0 saturated carbocycles. The lowest BCUT2D eigenvalue weighted by molar-refractivity contribution is -0.142. The largest absolute Gasteiger partial charge is 0.466 e. The fourth-order valence-electron chi connectivity index (χ4n) is 4.99. The number of rotatable bonds is 17. The minimum absolute atomic E-state index is 0.0124. The standard InChI is InChI=1S/C35H40N3O7PS/c1-2-44-33(39)23-24-36-46(41,32-21-13-6-14-22-32)34(30-19-11-5-12-20-30)38-47(42,43)27-31(25-28-15-7-3-8-16-28)37-35(40)45-26-29-17-9-4-10-18-29/h3-22,31,34,38H,2,23-27H2,1H3,(H,36,41)(H,37,40)/t31-,34+,46?/m0/s1. The number of carbonyl (C=O) groups is 2. The number of benzene rings is 4. The number of hydrogen-bond donors (Lipinski definition) is 3. The lowest BCUT2D eigenvalue weighted by Crippen LogP contribution is -2.45. The molecule has 0 saturated heterocycles. The van der Waals surface area contributed by atoms with E-state index in [0.717, 1.165) is 11.1 Å². The molecule has 0 spiro atoms. The maximum Gasteiger partial charge on any atom is 0.407 e. The predicted molar refractivity (Wildman–Crippen MR) is 183 cm³/mol. The van der Waals surface area contributed by atoms with Gasteiger partial charge in [0.1, 0.15) is 12.4 Å². The average Bonchev–Trinajstić information content (AvgIpc) is 3.08. The van der Waals surface area contributed by atoms with E-state index in [1.807, 2.05) is 60.7 Å². The monoisotopic (exact) mass is 677 g/mol. The number of amides is 1. The van der Waals surface area contributed by atoms with Gasteiger partial charge in [0.05, 0.1) is 24.8 Å². The van der Waals surface area contributed by atoms with Crippen LogP contribution in [-0.4, -0.2) is 45.4 Å². The van der Waals surface area contributed by atoms with Crippen molar-refractivity contribution in [3.05, 3.63) is 138 Å². The van der Waals surface area contributed by atoms with Crippen LogP contribution in [0.4, 0.5) is 4.79 Å². The van der Waals surface area contributed by atoms with E-state index < -0.39 is 47.0 Å². The third kappa shape index (κ3) is 11.2. The highest BCUT2D eigenvalue weighted by atomic mass is 32.2. The average molecular weight is 678 g/mol. The third-order valence-electron chi connectivity index (χ3n) is 7.17. The van der Waals surface area contributed by atoms with E-state index >= 15 is 4.57 Å². The van der Waals surface area contributed by atoms with Crippen LogP contribution in [0.5, 0.6) is 0 Å². The predicted octanol–water partition coefficient (Wildman–Crippen LogP) is 5.29. The summed E-state index contributed by atoms with van der Waals surface area (Å²) in [6.07, 6.45) is -0.625. The van der Waals surface area contributed by atoms with Crippen LogP contribution in [0.25, 0.3) is 0 Å². The lowest BCUT2D eigenvalue weighted by atomic mass is 10.1. The van der Waals surface area contributed by atoms with Crippen molar-refractivity contribution in [3.63, 3.8) is 0 Å². The van der Waals surface area contributed by atoms with Crippen LogP contribution in [-0.2, 0) is 41.9 Å². The molecule has 248 valence electrons. The van der Waals surface area contributed by atoms with E-state index in [2.05, 4.69) is 15.1 Å². The van der Waals surface area contributed by atoms with Crippen molar-refractivity contribution >= 4 is 34.7 Å². The molecule has 0 radical (unpaired) electrons. The minimum Gasteiger partial charge on any atom is -0.466 e. The maximum absolute atomic E-state index is 15.0. The Hall–Kier alpha value is -4.28. The summed E-state index contributed by atoms with van der Waals surface area (Å²) in [5, 5.41) is 6.11. The quantitative estimate of drug-likeness (QED) is 0.101. The molecule has 10 nitrogen and oxygen atoms in total. The summed E-state index contributed by atoms with van der Waals surface area (Å²) in [5.41, 5.74) is 2.06. The minimum atomic E-state index is -4.23. The van der Waals surface area contributed by atoms with Crippen molar-refractivity contribution in [2.45, 2.75) is 38.2 Å². The van der Waals surface area contributed by atoms with Gasteiger partial charge in [0.2, 0.25) is 10.0 Å². The van der Waals surface area contributed by atoms with Gasteiger partial charge in [0, 0.05) is 11.8 Å². The highest BCUT2D eigenvalue weighted by Gasteiger charge is 2.39. The first-order valence-electron chi connectivity index (χ1n) is 15.3. The fraction of sp³-hybridized carbons (Fsp3) is 0.257. The molecule has 0 aliphatic rings. The summed E-state index contributed by atoms with van der Waals surface area (Å²) in [4.78, 5) is 25.0. The molecule has 4 aromatic carbocycles. The van der Waals surface area contributed by atoms with Crippen LogP contribution in [0.1, 0.15) is 35.8 Å². The molecular formula is C35H40N3O7PS. The number of sulfonamides is 1. The second kappa shape index (κ2) is 17.6. The Morgan fingerprint density at radius 3 is 1.91 bits per heavy atom. The zero-order valence-corrected chi connectivity index (χ0v) is 27.9. The van der Waals surface area contributed by atoms with Crippen molar-refractivity contribution in [3.8, 4) is 0 Å². The molecule has 4 aromatic rings. The summed E-state index contributed by atoms with van der Waals surface area (Å²) in [7, 11) is -8.04. The van der Waals surface area contributed by atoms with E-state index in [1.54, 1.807) is 67.6 Å². The zero-order valence-electron chi connectivity index (χ0n) is 26.2. The first-order chi connectivity index (χ1) is 22.7. The Balaban J connectivity index is 1.61. The number of carbonyl (C=O) groups excluding carboxylic acids is 2. The van der Waals surface area contributed by atoms with Crippen LogP contribution in [0, 0.1) is 0 Å². The molecule has 12 heteroatoms. The Bertz CT molecular complexity index is 1710. The first-order valence-corrected chi connectivity index (χ1v) is 18.7. The van der Waals surface area contributed by atoms with Gasteiger partial charge in [-0.15, -0.1) is 0 Å². The Labute approximate surface area is 276 Å². The molecule has 4 rings (SSSR count). The molecule has 0 bridgehead atoms. The molecule has 3 N–H and O–H groups in total. The third-order valence-corrected chi connectivity index (χ3v) is 11.7. The maximum atomic E-state index is 15.0. The van der Waals surface area contributed by atoms with Gasteiger partial charge in [-0.1, -0.05) is 121 Å². The van der Waals surface area contributed by atoms with E-state index in [0.29, 0.717) is 10.9 Å². The summed E-state index contributed by atoms with van der Waals surface area (Å²) >= 11 is 0. The van der Waals surface area contributed by atoms with Crippen LogP contribution in [0.3, 0.4) is 0 Å². The van der Waals surface area contributed by atoms with Crippen molar-refractivity contribution in [2.75, 3.05) is 18.9 Å². The Kier molecular flexibility index (Phi) is 13.3. The van der Waals surface area contributed by atoms with E-state index in [9.17, 15) is 18.0 Å². The molecule has 0 aliphatic heterocycles. The van der Waals surface area contributed by atoms with E-state index in [4.69, 9.17) is 9.47 Å². The van der Waals surface area contributed by atoms with Crippen LogP contribution < -0.4 is 20.4 Å². The second-order valence-corrected chi connectivity index (χ2v) is 15.2.